The van der Waals surface area contributed by atoms with E-state index in [1.807, 2.05) is 0 Å². The molecule has 0 radical (unpaired) electrons. The molecule has 0 aromatic rings. The van der Waals surface area contributed by atoms with E-state index < -0.39 is 37.1 Å². The van der Waals surface area contributed by atoms with E-state index in [9.17, 15) is 4.80 Å². The minimum absolute atomic E-state index is 0.400. The molecule has 0 fully saturated rings. The number of hydrogen-bond donors (Lipinski definition) is 1. The van der Waals surface area contributed by atoms with Crippen molar-refractivity contribution >= 4 is 37.1 Å². The molecule has 7 heteroatoms. The van der Waals surface area contributed by atoms with Gasteiger partial charge in [0.1, 0.15) is 9.76 Å². The molecule has 0 rings (SSSR count). The van der Waals surface area contributed by atoms with Crippen LogP contribution in [0.25, 0.3) is 0 Å². The maximum Gasteiger partial charge on any atom is 0.308 e. The van der Waals surface area contributed by atoms with Crippen LogP contribution in [0.5, 0.6) is 0 Å². The lowest BCUT2D eigenvalue weighted by atomic mass is 10.6. The highest BCUT2D eigenvalue weighted by molar-refractivity contribution is 6.64. The molecule has 0 amide bonds. The molecule has 0 aromatic carbocycles. The van der Waals surface area contributed by atoms with Crippen LogP contribution in [0.4, 0.5) is 0 Å². The fraction of sp³-hybridized carbons (Fsp3) is 1.00. The molecule has 0 heterocycles. The highest BCUT2D eigenvalue weighted by atomic mass is 28.4. The van der Waals surface area contributed by atoms with E-state index in [2.05, 4.69) is 26.2 Å². The molecule has 2 atom stereocenters. The summed E-state index contributed by atoms with van der Waals surface area (Å²) in [6.07, 6.45) is 1.11. The lowest BCUT2D eigenvalue weighted by molar-refractivity contribution is 0.427. The van der Waals surface area contributed by atoms with E-state index in [1.165, 1.54) is 6.04 Å². The zero-order valence-electron chi connectivity index (χ0n) is 9.82. The molecular weight excluding hydrogens is 244 g/mol. The highest BCUT2D eigenvalue weighted by Gasteiger charge is 2.10. The SMILES string of the molecule is C[SiH2]O[SiH](O)CCC[SiH](C)O[SiH](C)C. The molecule has 0 saturated carbocycles. The van der Waals surface area contributed by atoms with Crippen molar-refractivity contribution in [3.8, 4) is 0 Å². The quantitative estimate of drug-likeness (QED) is 0.634. The third-order valence-corrected chi connectivity index (χ3v) is 11.0. The van der Waals surface area contributed by atoms with Gasteiger partial charge in [0.2, 0.25) is 0 Å². The monoisotopic (exact) mass is 268 g/mol. The Morgan fingerprint density at radius 3 is 2.36 bits per heavy atom. The van der Waals surface area contributed by atoms with Gasteiger partial charge in [0.25, 0.3) is 0 Å². The first-order valence-electron chi connectivity index (χ1n) is 5.51. The maximum absolute atomic E-state index is 9.48. The average Bonchev–Trinajstić information content (AvgIpc) is 2.02. The Morgan fingerprint density at radius 1 is 1.21 bits per heavy atom. The summed E-state index contributed by atoms with van der Waals surface area (Å²) in [6.45, 7) is 8.77. The number of hydrogen-bond acceptors (Lipinski definition) is 3. The van der Waals surface area contributed by atoms with Gasteiger partial charge in [0, 0.05) is 0 Å². The first-order chi connectivity index (χ1) is 6.56. The van der Waals surface area contributed by atoms with E-state index in [1.54, 1.807) is 0 Å². The first kappa shape index (κ1) is 14.7. The summed E-state index contributed by atoms with van der Waals surface area (Å²) in [7, 11) is -3.89. The summed E-state index contributed by atoms with van der Waals surface area (Å²) < 4.78 is 11.2. The Labute approximate surface area is 95.1 Å². The van der Waals surface area contributed by atoms with Crippen molar-refractivity contribution < 1.29 is 13.0 Å². The van der Waals surface area contributed by atoms with Gasteiger partial charge in [-0.15, -0.1) is 0 Å². The zero-order valence-corrected chi connectivity index (χ0v) is 14.7. The van der Waals surface area contributed by atoms with Crippen molar-refractivity contribution in [2.24, 2.45) is 0 Å². The van der Waals surface area contributed by atoms with Gasteiger partial charge in [-0.3, -0.25) is 0 Å². The second kappa shape index (κ2) is 9.01. The second-order valence-corrected chi connectivity index (χ2v) is 12.6. The van der Waals surface area contributed by atoms with E-state index in [-0.39, 0.29) is 0 Å². The van der Waals surface area contributed by atoms with E-state index >= 15 is 0 Å². The van der Waals surface area contributed by atoms with Crippen molar-refractivity contribution in [1.29, 1.82) is 0 Å². The van der Waals surface area contributed by atoms with Crippen LogP contribution in [0, 0.1) is 0 Å². The molecule has 3 nitrogen and oxygen atoms in total. The Hall–Kier alpha value is 0.748. The summed E-state index contributed by atoms with van der Waals surface area (Å²) in [5.74, 6) is 0. The predicted octanol–water partition coefficient (Wildman–Crippen LogP) is 0.0914. The molecule has 14 heavy (non-hydrogen) atoms. The van der Waals surface area contributed by atoms with Gasteiger partial charge in [-0.05, 0) is 31.7 Å². The molecule has 0 spiro atoms. The third kappa shape index (κ3) is 9.31. The molecular formula is C7H24O3Si4. The van der Waals surface area contributed by atoms with Crippen LogP contribution in [0.1, 0.15) is 6.42 Å². The molecule has 0 saturated heterocycles. The van der Waals surface area contributed by atoms with Crippen LogP contribution in [-0.4, -0.2) is 41.9 Å². The summed E-state index contributed by atoms with van der Waals surface area (Å²) in [6, 6.07) is 2.12. The highest BCUT2D eigenvalue weighted by Crippen LogP contribution is 2.06. The predicted molar refractivity (Wildman–Crippen MR) is 72.1 cm³/mol. The Morgan fingerprint density at radius 2 is 1.86 bits per heavy atom. The fourth-order valence-electron chi connectivity index (χ4n) is 1.39. The van der Waals surface area contributed by atoms with Crippen molar-refractivity contribution in [2.45, 2.75) is 44.7 Å². The van der Waals surface area contributed by atoms with Crippen LogP contribution >= 0.6 is 0 Å². The average molecular weight is 269 g/mol. The van der Waals surface area contributed by atoms with Gasteiger partial charge in [0.05, 0.1) is 0 Å². The topological polar surface area (TPSA) is 38.7 Å². The lowest BCUT2D eigenvalue weighted by Gasteiger charge is -2.15. The number of rotatable bonds is 8. The van der Waals surface area contributed by atoms with E-state index in [0.29, 0.717) is 0 Å². The Bertz CT molecular complexity index is 136. The minimum atomic E-state index is -1.76. The molecule has 2 unspecified atom stereocenters. The lowest BCUT2D eigenvalue weighted by Crippen LogP contribution is -2.23. The largest absolute Gasteiger partial charge is 0.461 e. The molecule has 1 N–H and O–H groups in total. The Balaban J connectivity index is 3.34. The summed E-state index contributed by atoms with van der Waals surface area (Å²) >= 11 is 0. The molecule has 0 aliphatic carbocycles. The molecule has 0 aliphatic heterocycles. The fourth-order valence-corrected chi connectivity index (χ4v) is 9.72. The smallest absolute Gasteiger partial charge is 0.308 e. The van der Waals surface area contributed by atoms with Crippen LogP contribution < -0.4 is 0 Å². The third-order valence-electron chi connectivity index (χ3n) is 1.93. The summed E-state index contributed by atoms with van der Waals surface area (Å²) in [4.78, 5) is 9.48. The molecule has 86 valence electrons. The maximum atomic E-state index is 9.48. The van der Waals surface area contributed by atoms with Gasteiger partial charge in [0.15, 0.2) is 18.1 Å². The normalized spacial score (nSPS) is 16.7. The van der Waals surface area contributed by atoms with Crippen LogP contribution in [0.15, 0.2) is 0 Å². The molecule has 0 bridgehead atoms. The van der Waals surface area contributed by atoms with Gasteiger partial charge in [-0.1, -0.05) is 13.0 Å². The van der Waals surface area contributed by atoms with Crippen molar-refractivity contribution in [1.82, 2.24) is 0 Å². The molecule has 0 aromatic heterocycles. The van der Waals surface area contributed by atoms with Gasteiger partial charge >= 0.3 is 9.28 Å². The minimum Gasteiger partial charge on any atom is -0.461 e. The second-order valence-electron chi connectivity index (χ2n) is 3.84. The van der Waals surface area contributed by atoms with Crippen molar-refractivity contribution in [3.05, 3.63) is 0 Å². The van der Waals surface area contributed by atoms with Gasteiger partial charge < -0.3 is 13.0 Å². The van der Waals surface area contributed by atoms with Crippen LogP contribution in [0.2, 0.25) is 38.3 Å². The standard InChI is InChI=1S/C7H24O3Si4/c1-11-9-14(8)7-5-6-13(4)10-12(2)3/h8,12-14H,5-7,11H2,1-4H3. The summed E-state index contributed by atoms with van der Waals surface area (Å²) in [5.41, 5.74) is 0. The van der Waals surface area contributed by atoms with Crippen LogP contribution in [0.3, 0.4) is 0 Å². The first-order valence-corrected chi connectivity index (χ1v) is 14.5. The van der Waals surface area contributed by atoms with Gasteiger partial charge in [-0.25, -0.2) is 0 Å². The van der Waals surface area contributed by atoms with E-state index in [0.717, 1.165) is 12.5 Å². The zero-order chi connectivity index (χ0) is 11.0. The van der Waals surface area contributed by atoms with E-state index in [4.69, 9.17) is 8.23 Å². The van der Waals surface area contributed by atoms with Crippen molar-refractivity contribution in [2.75, 3.05) is 0 Å². The van der Waals surface area contributed by atoms with Crippen LogP contribution in [-0.2, 0) is 8.23 Å². The van der Waals surface area contributed by atoms with Crippen molar-refractivity contribution in [3.63, 3.8) is 0 Å². The van der Waals surface area contributed by atoms with Gasteiger partial charge in [-0.2, -0.15) is 0 Å². The molecule has 0 aliphatic rings. The summed E-state index contributed by atoms with van der Waals surface area (Å²) in [5, 5.41) is 0. The Kier molecular flexibility index (Phi) is 9.49.